The van der Waals surface area contributed by atoms with Crippen molar-refractivity contribution in [2.75, 3.05) is 0 Å². The molecule has 3 nitrogen and oxygen atoms in total. The Bertz CT molecular complexity index is 662. The van der Waals surface area contributed by atoms with Crippen LogP contribution in [0.4, 0.5) is 4.39 Å². The van der Waals surface area contributed by atoms with Crippen molar-refractivity contribution in [1.29, 1.82) is 5.26 Å². The van der Waals surface area contributed by atoms with Gasteiger partial charge < -0.3 is 10.5 Å². The smallest absolute Gasteiger partial charge is 0.140 e. The molecule has 0 aliphatic carbocycles. The standard InChI is InChI=1S/C16H15FN2O/c1-11-2-5-16(14(6-11)9-19)20-10-12-3-4-15(17)13(7-12)8-18/h2-7H,9-10,19H2,1H3. The number of nitriles is 1. The topological polar surface area (TPSA) is 59.0 Å². The second kappa shape index (κ2) is 6.18. The Kier molecular flexibility index (Phi) is 4.34. The van der Waals surface area contributed by atoms with Gasteiger partial charge in [-0.15, -0.1) is 0 Å². The lowest BCUT2D eigenvalue weighted by Crippen LogP contribution is -2.03. The molecule has 0 spiro atoms. The molecule has 0 aliphatic rings. The maximum atomic E-state index is 13.2. The molecule has 2 aromatic carbocycles. The predicted molar refractivity (Wildman–Crippen MR) is 74.5 cm³/mol. The predicted octanol–water partition coefficient (Wildman–Crippen LogP) is 3.04. The molecule has 0 aliphatic heterocycles. The quantitative estimate of drug-likeness (QED) is 0.929. The maximum Gasteiger partial charge on any atom is 0.140 e. The highest BCUT2D eigenvalue weighted by Gasteiger charge is 2.06. The van der Waals surface area contributed by atoms with E-state index in [0.29, 0.717) is 12.3 Å². The van der Waals surface area contributed by atoms with Crippen LogP contribution in [0.1, 0.15) is 22.3 Å². The van der Waals surface area contributed by atoms with E-state index in [1.54, 1.807) is 6.07 Å². The highest BCUT2D eigenvalue weighted by Crippen LogP contribution is 2.21. The summed E-state index contributed by atoms with van der Waals surface area (Å²) in [6.07, 6.45) is 0. The van der Waals surface area contributed by atoms with E-state index in [-0.39, 0.29) is 12.2 Å². The first-order valence-corrected chi connectivity index (χ1v) is 6.25. The molecule has 0 atom stereocenters. The molecule has 0 saturated heterocycles. The molecule has 2 aromatic rings. The van der Waals surface area contributed by atoms with E-state index in [0.717, 1.165) is 16.7 Å². The first-order chi connectivity index (χ1) is 9.63. The highest BCUT2D eigenvalue weighted by atomic mass is 19.1. The zero-order valence-electron chi connectivity index (χ0n) is 11.2. The molecular formula is C16H15FN2O. The van der Waals surface area contributed by atoms with Crippen molar-refractivity contribution < 1.29 is 9.13 Å². The maximum absolute atomic E-state index is 13.2. The number of ether oxygens (including phenoxy) is 1. The van der Waals surface area contributed by atoms with Gasteiger partial charge in [-0.3, -0.25) is 0 Å². The van der Waals surface area contributed by atoms with E-state index in [9.17, 15) is 4.39 Å². The second-order valence-electron chi connectivity index (χ2n) is 4.53. The third-order valence-electron chi connectivity index (χ3n) is 2.98. The molecule has 102 valence electrons. The molecular weight excluding hydrogens is 255 g/mol. The van der Waals surface area contributed by atoms with Crippen molar-refractivity contribution in [2.24, 2.45) is 5.73 Å². The van der Waals surface area contributed by atoms with E-state index in [4.69, 9.17) is 15.7 Å². The van der Waals surface area contributed by atoms with Gasteiger partial charge in [0.2, 0.25) is 0 Å². The minimum Gasteiger partial charge on any atom is -0.489 e. The van der Waals surface area contributed by atoms with E-state index >= 15 is 0 Å². The van der Waals surface area contributed by atoms with Crippen molar-refractivity contribution in [3.63, 3.8) is 0 Å². The summed E-state index contributed by atoms with van der Waals surface area (Å²) in [4.78, 5) is 0. The zero-order chi connectivity index (χ0) is 14.5. The molecule has 0 bridgehead atoms. The lowest BCUT2D eigenvalue weighted by molar-refractivity contribution is 0.302. The average Bonchev–Trinajstić information content (AvgIpc) is 2.47. The minimum absolute atomic E-state index is 0.0223. The fraction of sp³-hybridized carbons (Fsp3) is 0.188. The van der Waals surface area contributed by atoms with Crippen LogP contribution in [0.25, 0.3) is 0 Å². The Hall–Kier alpha value is -2.38. The number of nitrogens with zero attached hydrogens (tertiary/aromatic N) is 1. The summed E-state index contributed by atoms with van der Waals surface area (Å²) in [5, 5.41) is 8.79. The van der Waals surface area contributed by atoms with Crippen LogP contribution in [0.15, 0.2) is 36.4 Å². The van der Waals surface area contributed by atoms with Crippen LogP contribution < -0.4 is 10.5 Å². The summed E-state index contributed by atoms with van der Waals surface area (Å²) in [6.45, 7) is 2.65. The molecule has 2 N–H and O–H groups in total. The average molecular weight is 270 g/mol. The van der Waals surface area contributed by atoms with Gasteiger partial charge in [0.25, 0.3) is 0 Å². The Morgan fingerprint density at radius 1 is 1.25 bits per heavy atom. The summed E-state index contributed by atoms with van der Waals surface area (Å²) in [7, 11) is 0. The molecule has 0 amide bonds. The summed E-state index contributed by atoms with van der Waals surface area (Å²) in [5.74, 6) is 0.190. The van der Waals surface area contributed by atoms with Crippen molar-refractivity contribution in [2.45, 2.75) is 20.1 Å². The van der Waals surface area contributed by atoms with Crippen molar-refractivity contribution in [1.82, 2.24) is 0 Å². The van der Waals surface area contributed by atoms with Crippen LogP contribution in [-0.2, 0) is 13.2 Å². The van der Waals surface area contributed by atoms with Gasteiger partial charge in [0.15, 0.2) is 0 Å². The molecule has 0 fully saturated rings. The van der Waals surface area contributed by atoms with Crippen LogP contribution >= 0.6 is 0 Å². The first-order valence-electron chi connectivity index (χ1n) is 6.25. The summed E-state index contributed by atoms with van der Waals surface area (Å²) < 4.78 is 18.9. The molecule has 0 unspecified atom stereocenters. The largest absolute Gasteiger partial charge is 0.489 e. The summed E-state index contributed by atoms with van der Waals surface area (Å²) in [5.41, 5.74) is 8.49. The number of aryl methyl sites for hydroxylation is 1. The van der Waals surface area contributed by atoms with Crippen LogP contribution in [0.5, 0.6) is 5.75 Å². The van der Waals surface area contributed by atoms with Crippen molar-refractivity contribution in [3.05, 3.63) is 64.5 Å². The number of nitrogens with two attached hydrogens (primary N) is 1. The fourth-order valence-corrected chi connectivity index (χ4v) is 1.92. The van der Waals surface area contributed by atoms with E-state index in [2.05, 4.69) is 0 Å². The number of hydrogen-bond donors (Lipinski definition) is 1. The first kappa shape index (κ1) is 14.0. The van der Waals surface area contributed by atoms with Crippen LogP contribution in [0, 0.1) is 24.1 Å². The Morgan fingerprint density at radius 2 is 2.05 bits per heavy atom. The Labute approximate surface area is 117 Å². The van der Waals surface area contributed by atoms with Gasteiger partial charge in [0, 0.05) is 12.1 Å². The molecule has 0 radical (unpaired) electrons. The van der Waals surface area contributed by atoms with Crippen LogP contribution in [-0.4, -0.2) is 0 Å². The zero-order valence-corrected chi connectivity index (χ0v) is 11.2. The SMILES string of the molecule is Cc1ccc(OCc2ccc(F)c(C#N)c2)c(CN)c1. The normalized spacial score (nSPS) is 10.1. The fourth-order valence-electron chi connectivity index (χ4n) is 1.92. The summed E-state index contributed by atoms with van der Waals surface area (Å²) >= 11 is 0. The van der Waals surface area contributed by atoms with Gasteiger partial charge in [-0.25, -0.2) is 4.39 Å². The van der Waals surface area contributed by atoms with E-state index in [1.165, 1.54) is 12.1 Å². The molecule has 0 saturated carbocycles. The monoisotopic (exact) mass is 270 g/mol. The van der Waals surface area contributed by atoms with Gasteiger partial charge in [0.05, 0.1) is 5.56 Å². The van der Waals surface area contributed by atoms with Crippen LogP contribution in [0.3, 0.4) is 0 Å². The number of benzene rings is 2. The van der Waals surface area contributed by atoms with Gasteiger partial charge in [-0.2, -0.15) is 5.26 Å². The van der Waals surface area contributed by atoms with Crippen molar-refractivity contribution >= 4 is 0 Å². The minimum atomic E-state index is -0.519. The summed E-state index contributed by atoms with van der Waals surface area (Å²) in [6, 6.07) is 12.0. The Morgan fingerprint density at radius 3 is 2.75 bits per heavy atom. The van der Waals surface area contributed by atoms with E-state index < -0.39 is 5.82 Å². The van der Waals surface area contributed by atoms with Gasteiger partial charge >= 0.3 is 0 Å². The van der Waals surface area contributed by atoms with E-state index in [1.807, 2.05) is 31.2 Å². The molecule has 2 rings (SSSR count). The van der Waals surface area contributed by atoms with Gasteiger partial charge in [-0.05, 0) is 30.7 Å². The molecule has 20 heavy (non-hydrogen) atoms. The molecule has 0 aromatic heterocycles. The van der Waals surface area contributed by atoms with Gasteiger partial charge in [-0.1, -0.05) is 23.8 Å². The number of rotatable bonds is 4. The lowest BCUT2D eigenvalue weighted by Gasteiger charge is -2.11. The number of halogens is 1. The third-order valence-corrected chi connectivity index (χ3v) is 2.98. The number of hydrogen-bond acceptors (Lipinski definition) is 3. The molecule has 4 heteroatoms. The van der Waals surface area contributed by atoms with Gasteiger partial charge in [0.1, 0.15) is 24.2 Å². The lowest BCUT2D eigenvalue weighted by atomic mass is 10.1. The van der Waals surface area contributed by atoms with Crippen molar-refractivity contribution in [3.8, 4) is 11.8 Å². The molecule has 0 heterocycles. The highest BCUT2D eigenvalue weighted by molar-refractivity contribution is 5.38. The third kappa shape index (κ3) is 3.14. The Balaban J connectivity index is 2.15. The van der Waals surface area contributed by atoms with Crippen LogP contribution in [0.2, 0.25) is 0 Å². The second-order valence-corrected chi connectivity index (χ2v) is 4.53.